The van der Waals surface area contributed by atoms with Gasteiger partial charge in [0.1, 0.15) is 40.4 Å². The summed E-state index contributed by atoms with van der Waals surface area (Å²) in [5, 5.41) is 33.2. The summed E-state index contributed by atoms with van der Waals surface area (Å²) >= 11 is 0. The predicted molar refractivity (Wildman–Crippen MR) is 116 cm³/mol. The fraction of sp³-hybridized carbons (Fsp3) is 0.240. The lowest BCUT2D eigenvalue weighted by Gasteiger charge is -2.40. The SMILES string of the molecule is C[C@@]1(Cc2ccc3ccccc3c2)Oc2cc3oc(CO)cc(=O)c3c(O)c2C[C@H]1O. The first kappa shape index (κ1) is 19.6. The van der Waals surface area contributed by atoms with Crippen molar-refractivity contribution >= 4 is 21.7 Å². The zero-order valence-corrected chi connectivity index (χ0v) is 17.0. The third kappa shape index (κ3) is 3.24. The number of benzene rings is 3. The molecule has 3 aromatic carbocycles. The first-order valence-electron chi connectivity index (χ1n) is 10.1. The molecule has 0 radical (unpaired) electrons. The number of fused-ring (bicyclic) bond motifs is 3. The third-order valence-electron chi connectivity index (χ3n) is 6.08. The number of hydrogen-bond donors (Lipinski definition) is 3. The smallest absolute Gasteiger partial charge is 0.196 e. The summed E-state index contributed by atoms with van der Waals surface area (Å²) in [5.41, 5.74) is 0.134. The molecular formula is C25H22O6. The summed E-state index contributed by atoms with van der Waals surface area (Å²) in [4.78, 5) is 12.4. The van der Waals surface area contributed by atoms with Crippen molar-refractivity contribution in [2.45, 2.75) is 38.1 Å². The number of rotatable bonds is 3. The maximum atomic E-state index is 12.4. The highest BCUT2D eigenvalue weighted by molar-refractivity contribution is 5.87. The Morgan fingerprint density at radius 1 is 1.10 bits per heavy atom. The summed E-state index contributed by atoms with van der Waals surface area (Å²) in [6, 6.07) is 16.9. The lowest BCUT2D eigenvalue weighted by atomic mass is 9.83. The molecular weight excluding hydrogens is 396 g/mol. The number of aliphatic hydroxyl groups is 2. The van der Waals surface area contributed by atoms with Crippen molar-refractivity contribution in [1.82, 2.24) is 0 Å². The molecule has 3 N–H and O–H groups in total. The molecule has 1 aromatic heterocycles. The maximum Gasteiger partial charge on any atom is 0.196 e. The van der Waals surface area contributed by atoms with E-state index < -0.39 is 23.7 Å². The van der Waals surface area contributed by atoms with Gasteiger partial charge in [-0.25, -0.2) is 0 Å². The molecule has 0 aliphatic carbocycles. The average molecular weight is 418 g/mol. The Hall–Kier alpha value is -3.35. The van der Waals surface area contributed by atoms with Gasteiger partial charge in [0, 0.05) is 30.5 Å². The van der Waals surface area contributed by atoms with Gasteiger partial charge in [0.25, 0.3) is 0 Å². The van der Waals surface area contributed by atoms with Crippen LogP contribution in [-0.4, -0.2) is 27.0 Å². The van der Waals surface area contributed by atoms with Crippen LogP contribution in [0.25, 0.3) is 21.7 Å². The molecule has 5 rings (SSSR count). The van der Waals surface area contributed by atoms with Crippen molar-refractivity contribution in [3.8, 4) is 11.5 Å². The largest absolute Gasteiger partial charge is 0.507 e. The summed E-state index contributed by atoms with van der Waals surface area (Å²) < 4.78 is 11.8. The normalized spacial score (nSPS) is 20.5. The fourth-order valence-corrected chi connectivity index (χ4v) is 4.37. The molecule has 0 amide bonds. The van der Waals surface area contributed by atoms with Crippen LogP contribution in [-0.2, 0) is 19.4 Å². The van der Waals surface area contributed by atoms with Gasteiger partial charge in [0.05, 0.1) is 6.10 Å². The van der Waals surface area contributed by atoms with Crippen molar-refractivity contribution in [2.24, 2.45) is 0 Å². The second-order valence-corrected chi connectivity index (χ2v) is 8.30. The molecule has 158 valence electrons. The van der Waals surface area contributed by atoms with Crippen LogP contribution in [0.4, 0.5) is 0 Å². The van der Waals surface area contributed by atoms with E-state index in [9.17, 15) is 20.1 Å². The first-order chi connectivity index (χ1) is 14.9. The molecule has 31 heavy (non-hydrogen) atoms. The topological polar surface area (TPSA) is 100 Å². The zero-order chi connectivity index (χ0) is 21.8. The molecule has 1 aliphatic heterocycles. The van der Waals surface area contributed by atoms with Crippen molar-refractivity contribution in [3.63, 3.8) is 0 Å². The Morgan fingerprint density at radius 3 is 2.65 bits per heavy atom. The lowest BCUT2D eigenvalue weighted by molar-refractivity contribution is -0.0541. The molecule has 2 heterocycles. The van der Waals surface area contributed by atoms with Crippen molar-refractivity contribution < 1.29 is 24.5 Å². The number of aliphatic hydroxyl groups excluding tert-OH is 2. The van der Waals surface area contributed by atoms with Crippen molar-refractivity contribution in [1.29, 1.82) is 0 Å². The van der Waals surface area contributed by atoms with Crippen LogP contribution in [0, 0.1) is 0 Å². The van der Waals surface area contributed by atoms with Gasteiger partial charge in [-0.15, -0.1) is 0 Å². The highest BCUT2D eigenvalue weighted by Crippen LogP contribution is 2.43. The standard InChI is InChI=1S/C25H22O6/c1-25(12-14-6-7-15-4-2-3-5-16(15)8-14)22(28)10-18-20(31-25)11-21-23(24(18)29)19(27)9-17(13-26)30-21/h2-9,11,22,26,28-29H,10,12-13H2,1H3/t22-,25+/m1/s1. The van der Waals surface area contributed by atoms with Gasteiger partial charge < -0.3 is 24.5 Å². The van der Waals surface area contributed by atoms with E-state index in [1.165, 1.54) is 0 Å². The second kappa shape index (κ2) is 7.11. The lowest BCUT2D eigenvalue weighted by Crippen LogP contribution is -2.50. The monoisotopic (exact) mass is 418 g/mol. The van der Waals surface area contributed by atoms with Crippen LogP contribution in [0.1, 0.15) is 23.8 Å². The summed E-state index contributed by atoms with van der Waals surface area (Å²) in [5.74, 6) is 0.209. The number of phenolic OH excluding ortho intramolecular Hbond substituents is 1. The van der Waals surface area contributed by atoms with Gasteiger partial charge in [-0.05, 0) is 23.3 Å². The Bertz CT molecular complexity index is 1370. The Kier molecular flexibility index (Phi) is 4.50. The van der Waals surface area contributed by atoms with Gasteiger partial charge in [-0.3, -0.25) is 4.79 Å². The highest BCUT2D eigenvalue weighted by atomic mass is 16.5. The Labute approximate surface area is 177 Å². The van der Waals surface area contributed by atoms with Crippen LogP contribution in [0.15, 0.2) is 63.8 Å². The molecule has 0 spiro atoms. The van der Waals surface area contributed by atoms with E-state index in [0.29, 0.717) is 17.7 Å². The minimum absolute atomic E-state index is 0.0184. The van der Waals surface area contributed by atoms with Crippen molar-refractivity contribution in [3.05, 3.63) is 81.7 Å². The Morgan fingerprint density at radius 2 is 1.87 bits per heavy atom. The van der Waals surface area contributed by atoms with Gasteiger partial charge in [-0.2, -0.15) is 0 Å². The van der Waals surface area contributed by atoms with Crippen LogP contribution in [0.5, 0.6) is 11.5 Å². The van der Waals surface area contributed by atoms with Crippen LogP contribution in [0.2, 0.25) is 0 Å². The van der Waals surface area contributed by atoms with E-state index in [1.54, 1.807) is 6.07 Å². The molecule has 1 aliphatic rings. The van der Waals surface area contributed by atoms with Gasteiger partial charge >= 0.3 is 0 Å². The number of aromatic hydroxyl groups is 1. The molecule has 2 atom stereocenters. The summed E-state index contributed by atoms with van der Waals surface area (Å²) in [6.07, 6.45) is -0.293. The minimum atomic E-state index is -0.940. The van der Waals surface area contributed by atoms with Gasteiger partial charge in [0.2, 0.25) is 0 Å². The van der Waals surface area contributed by atoms with Crippen LogP contribution >= 0.6 is 0 Å². The number of hydrogen-bond acceptors (Lipinski definition) is 6. The maximum absolute atomic E-state index is 12.4. The van der Waals surface area contributed by atoms with Crippen LogP contribution < -0.4 is 10.2 Å². The minimum Gasteiger partial charge on any atom is -0.507 e. The number of ether oxygens (including phenoxy) is 1. The zero-order valence-electron chi connectivity index (χ0n) is 17.0. The molecule has 0 unspecified atom stereocenters. The van der Waals surface area contributed by atoms with Crippen LogP contribution in [0.3, 0.4) is 0 Å². The average Bonchev–Trinajstić information content (AvgIpc) is 2.75. The summed E-state index contributed by atoms with van der Waals surface area (Å²) in [6.45, 7) is 1.40. The quantitative estimate of drug-likeness (QED) is 0.471. The third-order valence-corrected chi connectivity index (χ3v) is 6.08. The van der Waals surface area contributed by atoms with E-state index in [1.807, 2.05) is 43.3 Å². The Balaban J connectivity index is 1.56. The van der Waals surface area contributed by atoms with E-state index in [4.69, 9.17) is 9.15 Å². The highest BCUT2D eigenvalue weighted by Gasteiger charge is 2.41. The molecule has 6 nitrogen and oxygen atoms in total. The fourth-order valence-electron chi connectivity index (χ4n) is 4.37. The summed E-state index contributed by atoms with van der Waals surface area (Å²) in [7, 11) is 0. The second-order valence-electron chi connectivity index (χ2n) is 8.30. The van der Waals surface area contributed by atoms with E-state index >= 15 is 0 Å². The predicted octanol–water partition coefficient (Wildman–Crippen LogP) is 3.44. The van der Waals surface area contributed by atoms with Crippen molar-refractivity contribution in [2.75, 3.05) is 0 Å². The molecule has 4 aromatic rings. The first-order valence-corrected chi connectivity index (χ1v) is 10.1. The molecule has 0 bridgehead atoms. The molecule has 6 heteroatoms. The van der Waals surface area contributed by atoms with E-state index in [2.05, 4.69) is 6.07 Å². The molecule has 0 saturated carbocycles. The van der Waals surface area contributed by atoms with Gasteiger partial charge in [-0.1, -0.05) is 42.5 Å². The van der Waals surface area contributed by atoms with Gasteiger partial charge in [0.15, 0.2) is 5.43 Å². The van der Waals surface area contributed by atoms with E-state index in [-0.39, 0.29) is 28.9 Å². The van der Waals surface area contributed by atoms with E-state index in [0.717, 1.165) is 22.4 Å². The molecule has 0 saturated heterocycles. The number of phenols is 1. The molecule has 0 fully saturated rings.